The maximum Gasteiger partial charge on any atom is 0.233 e. The average Bonchev–Trinajstić information content (AvgIpc) is 3.34. The van der Waals surface area contributed by atoms with E-state index in [1.54, 1.807) is 5.57 Å². The molecule has 3 heteroatoms. The van der Waals surface area contributed by atoms with Crippen LogP contribution in [0.15, 0.2) is 53.6 Å². The Bertz CT molecular complexity index is 726. The second-order valence-corrected chi connectivity index (χ2v) is 7.64. The number of amides is 2. The molecule has 0 radical (unpaired) electrons. The molecule has 3 nitrogen and oxygen atoms in total. The van der Waals surface area contributed by atoms with E-state index in [1.165, 1.54) is 36.2 Å². The molecule has 4 rings (SSSR count). The van der Waals surface area contributed by atoms with Gasteiger partial charge in [-0.3, -0.25) is 14.5 Å². The fourth-order valence-corrected chi connectivity index (χ4v) is 5.07. The van der Waals surface area contributed by atoms with Gasteiger partial charge in [0.1, 0.15) is 0 Å². The van der Waals surface area contributed by atoms with Crippen molar-refractivity contribution in [3.63, 3.8) is 0 Å². The quantitative estimate of drug-likeness (QED) is 0.613. The van der Waals surface area contributed by atoms with Crippen LogP contribution in [0.1, 0.15) is 38.2 Å². The maximum atomic E-state index is 13.2. The molecule has 130 valence electrons. The molecular formula is C22H25NO2. The molecule has 1 aromatic carbocycles. The number of imide groups is 1. The van der Waals surface area contributed by atoms with Crippen LogP contribution in [0.5, 0.6) is 0 Å². The Hall–Kier alpha value is -2.16. The summed E-state index contributed by atoms with van der Waals surface area (Å²) in [6, 6.07) is 9.74. The number of carbonyl (C=O) groups is 2. The summed E-state index contributed by atoms with van der Waals surface area (Å²) in [5.74, 6) is 0.784. The predicted octanol–water partition coefficient (Wildman–Crippen LogP) is 4.11. The Morgan fingerprint density at radius 2 is 1.80 bits per heavy atom. The summed E-state index contributed by atoms with van der Waals surface area (Å²) in [4.78, 5) is 26.2. The number of hydrogen-bond acceptors (Lipinski definition) is 2. The summed E-state index contributed by atoms with van der Waals surface area (Å²) in [5, 5.41) is 0. The van der Waals surface area contributed by atoms with Crippen molar-refractivity contribution in [3.8, 4) is 0 Å². The Kier molecular flexibility index (Phi) is 4.32. The van der Waals surface area contributed by atoms with E-state index in [0.29, 0.717) is 18.9 Å². The van der Waals surface area contributed by atoms with Crippen molar-refractivity contribution >= 4 is 12.3 Å². The van der Waals surface area contributed by atoms with E-state index in [0.717, 1.165) is 5.56 Å². The molecule has 2 bridgehead atoms. The van der Waals surface area contributed by atoms with Gasteiger partial charge in [0, 0.05) is 11.8 Å². The van der Waals surface area contributed by atoms with Gasteiger partial charge < -0.3 is 0 Å². The zero-order chi connectivity index (χ0) is 17.4. The van der Waals surface area contributed by atoms with Crippen molar-refractivity contribution in [2.75, 3.05) is 0 Å². The molecule has 0 N–H and O–H groups in total. The van der Waals surface area contributed by atoms with Crippen LogP contribution in [-0.4, -0.2) is 17.2 Å². The smallest absolute Gasteiger partial charge is 0.233 e. The van der Waals surface area contributed by atoms with Crippen LogP contribution in [0.2, 0.25) is 0 Å². The maximum absolute atomic E-state index is 13.2. The van der Waals surface area contributed by atoms with Crippen molar-refractivity contribution in [3.05, 3.63) is 59.2 Å². The lowest BCUT2D eigenvalue weighted by Gasteiger charge is -2.27. The zero-order valence-corrected chi connectivity index (χ0v) is 14.7. The lowest BCUT2D eigenvalue weighted by molar-refractivity contribution is -0.143. The average molecular weight is 335 g/mol. The summed E-state index contributed by atoms with van der Waals surface area (Å²) in [7, 11) is 0. The first-order valence-electron chi connectivity index (χ1n) is 9.40. The monoisotopic (exact) mass is 335 g/mol. The van der Waals surface area contributed by atoms with Gasteiger partial charge in [-0.25, -0.2) is 0 Å². The van der Waals surface area contributed by atoms with Crippen LogP contribution < -0.4 is 0 Å². The molecule has 3 aliphatic rings. The van der Waals surface area contributed by atoms with Gasteiger partial charge in [-0.2, -0.15) is 0 Å². The number of fused-ring (bicyclic) bond motifs is 2. The van der Waals surface area contributed by atoms with Crippen molar-refractivity contribution < 1.29 is 9.59 Å². The number of nitrogens with zero attached hydrogens (tertiary/aromatic N) is 1. The molecule has 0 aromatic heterocycles. The van der Waals surface area contributed by atoms with Crippen LogP contribution >= 0.6 is 0 Å². The van der Waals surface area contributed by atoms with E-state index in [4.69, 9.17) is 0 Å². The summed E-state index contributed by atoms with van der Waals surface area (Å²) in [6.45, 7) is 2.54. The molecule has 0 aliphatic heterocycles. The van der Waals surface area contributed by atoms with E-state index in [9.17, 15) is 9.59 Å². The number of allylic oxidation sites excluding steroid dienone is 4. The Labute approximate surface area is 149 Å². The van der Waals surface area contributed by atoms with Crippen LogP contribution in [-0.2, 0) is 16.1 Å². The normalized spacial score (nSPS) is 30.1. The lowest BCUT2D eigenvalue weighted by atomic mass is 9.83. The molecular weight excluding hydrogens is 310 g/mol. The third-order valence-corrected chi connectivity index (χ3v) is 6.27. The number of carbonyl (C=O) groups excluding carboxylic acids is 2. The zero-order valence-electron chi connectivity index (χ0n) is 14.7. The fourth-order valence-electron chi connectivity index (χ4n) is 5.07. The predicted molar refractivity (Wildman–Crippen MR) is 97.3 cm³/mol. The van der Waals surface area contributed by atoms with Crippen molar-refractivity contribution in [2.45, 2.75) is 39.2 Å². The van der Waals surface area contributed by atoms with Crippen molar-refractivity contribution in [1.29, 1.82) is 0 Å². The molecule has 25 heavy (non-hydrogen) atoms. The van der Waals surface area contributed by atoms with Gasteiger partial charge in [0.2, 0.25) is 12.3 Å². The van der Waals surface area contributed by atoms with Crippen molar-refractivity contribution in [2.24, 2.45) is 23.7 Å². The molecule has 2 saturated carbocycles. The minimum Gasteiger partial charge on any atom is -0.280 e. The lowest BCUT2D eigenvalue weighted by Crippen LogP contribution is -2.39. The molecule has 0 saturated heterocycles. The third kappa shape index (κ3) is 2.76. The van der Waals surface area contributed by atoms with Gasteiger partial charge in [-0.1, -0.05) is 60.6 Å². The first kappa shape index (κ1) is 16.3. The van der Waals surface area contributed by atoms with Crippen LogP contribution in [0, 0.1) is 23.7 Å². The van der Waals surface area contributed by atoms with E-state index in [1.807, 2.05) is 30.3 Å². The van der Waals surface area contributed by atoms with Crippen LogP contribution in [0.4, 0.5) is 0 Å². The molecule has 3 aliphatic carbocycles. The molecule has 1 aromatic rings. The third-order valence-electron chi connectivity index (χ3n) is 6.27. The van der Waals surface area contributed by atoms with Gasteiger partial charge in [-0.15, -0.1) is 0 Å². The van der Waals surface area contributed by atoms with Gasteiger partial charge in [0.25, 0.3) is 0 Å². The topological polar surface area (TPSA) is 37.4 Å². The molecule has 0 heterocycles. The van der Waals surface area contributed by atoms with E-state index in [2.05, 4.69) is 19.1 Å². The molecule has 4 atom stereocenters. The molecule has 2 fully saturated rings. The van der Waals surface area contributed by atoms with Gasteiger partial charge in [0.15, 0.2) is 0 Å². The molecule has 2 amide bonds. The van der Waals surface area contributed by atoms with Gasteiger partial charge >= 0.3 is 0 Å². The second kappa shape index (κ2) is 6.62. The Morgan fingerprint density at radius 1 is 1.12 bits per heavy atom. The largest absolute Gasteiger partial charge is 0.280 e. The van der Waals surface area contributed by atoms with Gasteiger partial charge in [-0.05, 0) is 37.2 Å². The minimum atomic E-state index is -0.0907. The SMILES string of the molecule is C[C@@H]1[C@@H](C(=O)N(C=O)Cc2ccccc2)[C@@H]2C=C[C@H]1C2=C1CCCC1. The first-order chi connectivity index (χ1) is 12.2. The Morgan fingerprint density at radius 3 is 2.48 bits per heavy atom. The number of hydrogen-bond donors (Lipinski definition) is 0. The highest BCUT2D eigenvalue weighted by molar-refractivity contribution is 5.89. The first-order valence-corrected chi connectivity index (χ1v) is 9.40. The summed E-state index contributed by atoms with van der Waals surface area (Å²) in [5.41, 5.74) is 4.08. The minimum absolute atomic E-state index is 0.0145. The summed E-state index contributed by atoms with van der Waals surface area (Å²) < 4.78 is 0. The van der Waals surface area contributed by atoms with E-state index >= 15 is 0 Å². The Balaban J connectivity index is 1.58. The van der Waals surface area contributed by atoms with E-state index in [-0.39, 0.29) is 23.7 Å². The summed E-state index contributed by atoms with van der Waals surface area (Å²) in [6.07, 6.45) is 10.2. The highest BCUT2D eigenvalue weighted by Gasteiger charge is 2.51. The van der Waals surface area contributed by atoms with E-state index < -0.39 is 0 Å². The van der Waals surface area contributed by atoms with Crippen LogP contribution in [0.25, 0.3) is 0 Å². The fraction of sp³-hybridized carbons (Fsp3) is 0.455. The van der Waals surface area contributed by atoms with Gasteiger partial charge in [0.05, 0.1) is 12.5 Å². The molecule has 0 spiro atoms. The molecule has 0 unspecified atom stereocenters. The highest BCUT2D eigenvalue weighted by Crippen LogP contribution is 2.55. The number of benzene rings is 1. The highest BCUT2D eigenvalue weighted by atomic mass is 16.2. The standard InChI is InChI=1S/C22H25NO2/c1-15-18-11-12-19(21(18)17-9-5-6-10-17)20(15)22(25)23(14-24)13-16-7-3-2-4-8-16/h2-4,7-8,11-12,14-15,18-20H,5-6,9-10,13H2,1H3/t15-,18+,19-,20+/m0/s1. The van der Waals surface area contributed by atoms with Crippen molar-refractivity contribution in [1.82, 2.24) is 4.90 Å². The number of rotatable bonds is 4. The van der Waals surface area contributed by atoms with Crippen LogP contribution in [0.3, 0.4) is 0 Å². The summed E-state index contributed by atoms with van der Waals surface area (Å²) >= 11 is 0. The second-order valence-electron chi connectivity index (χ2n) is 7.64.